The van der Waals surface area contributed by atoms with Crippen LogP contribution < -0.4 is 10.2 Å². The molecule has 20 heavy (non-hydrogen) atoms. The van der Waals surface area contributed by atoms with E-state index in [2.05, 4.69) is 17.1 Å². The molecule has 1 fully saturated rings. The van der Waals surface area contributed by atoms with E-state index in [1.54, 1.807) is 25.6 Å². The number of aromatic nitrogens is 1. The molecule has 5 nitrogen and oxygen atoms in total. The highest BCUT2D eigenvalue weighted by atomic mass is 32.1. The van der Waals surface area contributed by atoms with Crippen molar-refractivity contribution in [2.24, 2.45) is 5.92 Å². The summed E-state index contributed by atoms with van der Waals surface area (Å²) < 4.78 is 10.8. The van der Waals surface area contributed by atoms with Crippen LogP contribution in [0.4, 0.5) is 5.13 Å². The van der Waals surface area contributed by atoms with E-state index in [1.165, 1.54) is 4.88 Å². The quantitative estimate of drug-likeness (QED) is 0.869. The van der Waals surface area contributed by atoms with Crippen molar-refractivity contribution in [2.45, 2.75) is 32.6 Å². The number of thiazole rings is 1. The third-order valence-electron chi connectivity index (χ3n) is 3.85. The molecule has 0 aromatic carbocycles. The van der Waals surface area contributed by atoms with Crippen molar-refractivity contribution in [3.63, 3.8) is 0 Å². The van der Waals surface area contributed by atoms with Crippen LogP contribution in [0.1, 0.15) is 23.9 Å². The lowest BCUT2D eigenvalue weighted by molar-refractivity contribution is 0.0498. The molecule has 1 aliphatic heterocycles. The molecule has 0 amide bonds. The summed E-state index contributed by atoms with van der Waals surface area (Å²) in [4.78, 5) is 8.37. The average molecular weight is 299 g/mol. The first-order valence-corrected chi connectivity index (χ1v) is 7.91. The standard InChI is InChI=1S/C14H25N3O2S/c1-10-5-6-17(8-12(10)19-4)14-16-11(9-18-3)13(20-14)7-15-2/h10,12,15H,5-9H2,1-4H3. The predicted octanol–water partition coefficient (Wildman–Crippen LogP) is 1.87. The molecule has 6 heteroatoms. The van der Waals surface area contributed by atoms with Crippen molar-refractivity contribution in [3.8, 4) is 0 Å². The van der Waals surface area contributed by atoms with Crippen LogP contribution in [0, 0.1) is 5.92 Å². The van der Waals surface area contributed by atoms with Gasteiger partial charge in [0.2, 0.25) is 0 Å². The van der Waals surface area contributed by atoms with Crippen LogP contribution in [-0.2, 0) is 22.6 Å². The van der Waals surface area contributed by atoms with Gasteiger partial charge in [-0.1, -0.05) is 6.92 Å². The van der Waals surface area contributed by atoms with E-state index in [4.69, 9.17) is 14.5 Å². The number of piperidine rings is 1. The van der Waals surface area contributed by atoms with Crippen LogP contribution >= 0.6 is 11.3 Å². The van der Waals surface area contributed by atoms with E-state index in [-0.39, 0.29) is 0 Å². The lowest BCUT2D eigenvalue weighted by Crippen LogP contribution is -2.43. The maximum atomic E-state index is 5.59. The highest BCUT2D eigenvalue weighted by molar-refractivity contribution is 7.15. The number of hydrogen-bond donors (Lipinski definition) is 1. The summed E-state index contributed by atoms with van der Waals surface area (Å²) in [5.41, 5.74) is 1.05. The number of nitrogens with zero attached hydrogens (tertiary/aromatic N) is 2. The van der Waals surface area contributed by atoms with E-state index < -0.39 is 0 Å². The molecule has 2 atom stereocenters. The summed E-state index contributed by atoms with van der Waals surface area (Å²) in [7, 11) is 5.47. The van der Waals surface area contributed by atoms with Gasteiger partial charge in [0, 0.05) is 38.7 Å². The topological polar surface area (TPSA) is 46.6 Å². The van der Waals surface area contributed by atoms with Crippen LogP contribution in [0.2, 0.25) is 0 Å². The van der Waals surface area contributed by atoms with Crippen molar-refractivity contribution >= 4 is 16.5 Å². The van der Waals surface area contributed by atoms with Gasteiger partial charge in [-0.05, 0) is 19.4 Å². The van der Waals surface area contributed by atoms with Crippen LogP contribution in [0.3, 0.4) is 0 Å². The van der Waals surface area contributed by atoms with Gasteiger partial charge in [-0.25, -0.2) is 4.98 Å². The van der Waals surface area contributed by atoms with Crippen molar-refractivity contribution < 1.29 is 9.47 Å². The number of anilines is 1. The Morgan fingerprint density at radius 3 is 2.90 bits per heavy atom. The Bertz CT molecular complexity index is 401. The monoisotopic (exact) mass is 299 g/mol. The summed E-state index contributed by atoms with van der Waals surface area (Å²) >= 11 is 1.76. The lowest BCUT2D eigenvalue weighted by atomic mass is 9.96. The molecule has 1 N–H and O–H groups in total. The van der Waals surface area contributed by atoms with Gasteiger partial charge in [0.05, 0.1) is 18.4 Å². The number of hydrogen-bond acceptors (Lipinski definition) is 6. The van der Waals surface area contributed by atoms with Crippen LogP contribution in [0.5, 0.6) is 0 Å². The van der Waals surface area contributed by atoms with Gasteiger partial charge in [0.15, 0.2) is 5.13 Å². The Labute approximate surface area is 125 Å². The van der Waals surface area contributed by atoms with Crippen molar-refractivity contribution in [1.82, 2.24) is 10.3 Å². The largest absolute Gasteiger partial charge is 0.379 e. The first-order valence-electron chi connectivity index (χ1n) is 7.09. The molecule has 114 valence electrons. The predicted molar refractivity (Wildman–Crippen MR) is 82.4 cm³/mol. The molecular formula is C14H25N3O2S. The Morgan fingerprint density at radius 1 is 1.45 bits per heavy atom. The highest BCUT2D eigenvalue weighted by Gasteiger charge is 2.28. The van der Waals surface area contributed by atoms with Gasteiger partial charge in [-0.15, -0.1) is 11.3 Å². The number of rotatable bonds is 6. The van der Waals surface area contributed by atoms with Gasteiger partial charge >= 0.3 is 0 Å². The maximum Gasteiger partial charge on any atom is 0.186 e. The van der Waals surface area contributed by atoms with Crippen molar-refractivity contribution in [1.29, 1.82) is 0 Å². The number of methoxy groups -OCH3 is 2. The first-order chi connectivity index (χ1) is 9.69. The fraction of sp³-hybridized carbons (Fsp3) is 0.786. The molecule has 1 aromatic heterocycles. The molecule has 2 rings (SSSR count). The van der Waals surface area contributed by atoms with Gasteiger partial charge in [-0.3, -0.25) is 0 Å². The second-order valence-electron chi connectivity index (χ2n) is 5.32. The Balaban J connectivity index is 2.13. The van der Waals surface area contributed by atoms with Crippen LogP contribution in [-0.4, -0.2) is 45.4 Å². The highest BCUT2D eigenvalue weighted by Crippen LogP contribution is 2.30. The minimum Gasteiger partial charge on any atom is -0.379 e. The fourth-order valence-corrected chi connectivity index (χ4v) is 3.68. The van der Waals surface area contributed by atoms with E-state index in [0.717, 1.165) is 36.9 Å². The molecule has 2 unspecified atom stereocenters. The van der Waals surface area contributed by atoms with E-state index in [9.17, 15) is 0 Å². The zero-order chi connectivity index (χ0) is 14.5. The van der Waals surface area contributed by atoms with Crippen LogP contribution in [0.15, 0.2) is 0 Å². The summed E-state index contributed by atoms with van der Waals surface area (Å²) in [6.45, 7) is 5.66. The molecule has 2 heterocycles. The third kappa shape index (κ3) is 3.49. The fourth-order valence-electron chi connectivity index (χ4n) is 2.57. The number of nitrogens with one attached hydrogen (secondary N) is 1. The first kappa shape index (κ1) is 15.7. The summed E-state index contributed by atoms with van der Waals surface area (Å²) in [6, 6.07) is 0. The number of ether oxygens (including phenoxy) is 2. The smallest absolute Gasteiger partial charge is 0.186 e. The van der Waals surface area contributed by atoms with E-state index >= 15 is 0 Å². The molecule has 1 aromatic rings. The Morgan fingerprint density at radius 2 is 2.25 bits per heavy atom. The third-order valence-corrected chi connectivity index (χ3v) is 5.01. The normalized spacial score (nSPS) is 23.3. The van der Waals surface area contributed by atoms with Gasteiger partial charge in [-0.2, -0.15) is 0 Å². The lowest BCUT2D eigenvalue weighted by Gasteiger charge is -2.36. The maximum absolute atomic E-state index is 5.59. The second kappa shape index (κ2) is 7.36. The minimum absolute atomic E-state index is 0.297. The molecular weight excluding hydrogens is 274 g/mol. The molecule has 1 aliphatic rings. The minimum atomic E-state index is 0.297. The zero-order valence-electron chi connectivity index (χ0n) is 12.8. The molecule has 0 saturated carbocycles. The van der Waals surface area contributed by atoms with Gasteiger partial charge in [0.1, 0.15) is 0 Å². The van der Waals surface area contributed by atoms with Gasteiger partial charge < -0.3 is 19.7 Å². The van der Waals surface area contributed by atoms with Crippen molar-refractivity contribution in [2.75, 3.05) is 39.3 Å². The van der Waals surface area contributed by atoms with Gasteiger partial charge in [0.25, 0.3) is 0 Å². The molecule has 0 spiro atoms. The van der Waals surface area contributed by atoms with Crippen molar-refractivity contribution in [3.05, 3.63) is 10.6 Å². The van der Waals surface area contributed by atoms with Crippen LogP contribution in [0.25, 0.3) is 0 Å². The average Bonchev–Trinajstić information content (AvgIpc) is 2.83. The summed E-state index contributed by atoms with van der Waals surface area (Å²) in [5, 5.41) is 4.29. The van der Waals surface area contributed by atoms with E-state index in [0.29, 0.717) is 18.6 Å². The molecule has 0 bridgehead atoms. The Kier molecular flexibility index (Phi) is 5.77. The summed E-state index contributed by atoms with van der Waals surface area (Å²) in [6.07, 6.45) is 1.45. The van der Waals surface area contributed by atoms with E-state index in [1.807, 2.05) is 7.05 Å². The zero-order valence-corrected chi connectivity index (χ0v) is 13.6. The summed E-state index contributed by atoms with van der Waals surface area (Å²) in [5.74, 6) is 0.617. The SMILES string of the molecule is CNCc1sc(N2CCC(C)C(OC)C2)nc1COC. The Hall–Kier alpha value is -0.690. The molecule has 1 saturated heterocycles. The molecule has 0 aliphatic carbocycles. The molecule has 0 radical (unpaired) electrons. The second-order valence-corrected chi connectivity index (χ2v) is 6.38.